The summed E-state index contributed by atoms with van der Waals surface area (Å²) in [6.45, 7) is 1.84. The normalized spacial score (nSPS) is 12.3. The van der Waals surface area contributed by atoms with Gasteiger partial charge in [-0.25, -0.2) is 4.98 Å². The minimum Gasteiger partial charge on any atom is -0.353 e. The third-order valence-corrected chi connectivity index (χ3v) is 4.82. The Hall–Kier alpha value is -2.58. The number of hydrogen-bond donors (Lipinski definition) is 4. The minimum absolute atomic E-state index is 0.234. The number of nitrogens with one attached hydrogen (secondary N) is 3. The fourth-order valence-corrected chi connectivity index (χ4v) is 3.26. The van der Waals surface area contributed by atoms with E-state index in [1.807, 2.05) is 37.4 Å². The highest BCUT2D eigenvalue weighted by molar-refractivity contribution is 7.98. The van der Waals surface area contributed by atoms with Crippen LogP contribution in [0.5, 0.6) is 0 Å². The van der Waals surface area contributed by atoms with Gasteiger partial charge in [-0.15, -0.1) is 0 Å². The van der Waals surface area contributed by atoms with E-state index in [9.17, 15) is 9.59 Å². The van der Waals surface area contributed by atoms with Crippen LogP contribution in [0, 0.1) is 6.92 Å². The van der Waals surface area contributed by atoms with E-state index in [-0.39, 0.29) is 5.69 Å². The standard InChI is InChI=1S/C18H21N5O2S/c1-10-16-12(11-5-3-4-6-14(11)21-16)9-15(20-10)18(25)23-22-17(24)13(19)7-8-26-2/h3-6,9,13,21H,7-8,19H2,1-2H3,(H,22,24)(H,23,25)/t13-/m0/s1. The summed E-state index contributed by atoms with van der Waals surface area (Å²) < 4.78 is 0. The highest BCUT2D eigenvalue weighted by Gasteiger charge is 2.17. The molecule has 1 atom stereocenters. The van der Waals surface area contributed by atoms with Crippen molar-refractivity contribution in [3.05, 3.63) is 41.7 Å². The highest BCUT2D eigenvalue weighted by Crippen LogP contribution is 2.27. The molecule has 0 radical (unpaired) electrons. The van der Waals surface area contributed by atoms with Crippen molar-refractivity contribution in [1.82, 2.24) is 20.8 Å². The maximum absolute atomic E-state index is 12.4. The maximum atomic E-state index is 12.4. The van der Waals surface area contributed by atoms with Crippen LogP contribution in [0.2, 0.25) is 0 Å². The van der Waals surface area contributed by atoms with E-state index in [1.165, 1.54) is 0 Å². The molecule has 0 bridgehead atoms. The van der Waals surface area contributed by atoms with E-state index < -0.39 is 17.9 Å². The zero-order chi connectivity index (χ0) is 18.7. The second-order valence-electron chi connectivity index (χ2n) is 6.02. The summed E-state index contributed by atoms with van der Waals surface area (Å²) in [7, 11) is 0. The van der Waals surface area contributed by atoms with Crippen molar-refractivity contribution in [1.29, 1.82) is 0 Å². The molecule has 0 aliphatic heterocycles. The Labute approximate surface area is 155 Å². The number of H-pyrrole nitrogens is 1. The predicted octanol–water partition coefficient (Wildman–Crippen LogP) is 1.87. The number of rotatable bonds is 5. The number of benzene rings is 1. The number of pyridine rings is 1. The molecular formula is C18H21N5O2S. The Morgan fingerprint density at radius 3 is 2.81 bits per heavy atom. The van der Waals surface area contributed by atoms with E-state index in [4.69, 9.17) is 5.73 Å². The molecule has 1 aromatic carbocycles. The van der Waals surface area contributed by atoms with Crippen LogP contribution in [0.25, 0.3) is 21.8 Å². The van der Waals surface area contributed by atoms with Crippen molar-refractivity contribution < 1.29 is 9.59 Å². The smallest absolute Gasteiger partial charge is 0.288 e. The summed E-state index contributed by atoms with van der Waals surface area (Å²) in [5.41, 5.74) is 13.4. The Morgan fingerprint density at radius 1 is 1.27 bits per heavy atom. The first-order valence-corrected chi connectivity index (χ1v) is 9.63. The van der Waals surface area contributed by atoms with Gasteiger partial charge < -0.3 is 10.7 Å². The van der Waals surface area contributed by atoms with Gasteiger partial charge in [0, 0.05) is 16.3 Å². The molecule has 0 aliphatic carbocycles. The number of hydrazine groups is 1. The molecule has 0 saturated heterocycles. The number of aromatic amines is 1. The molecule has 2 heterocycles. The molecular weight excluding hydrogens is 350 g/mol. The SMILES string of the molecule is CSCC[C@H](N)C(=O)NNC(=O)c1cc2c([nH]c3ccccc32)c(C)n1. The Morgan fingerprint density at radius 2 is 2.04 bits per heavy atom. The molecule has 136 valence electrons. The van der Waals surface area contributed by atoms with Gasteiger partial charge in [-0.2, -0.15) is 11.8 Å². The lowest BCUT2D eigenvalue weighted by atomic mass is 10.1. The molecule has 3 aromatic rings. The van der Waals surface area contributed by atoms with E-state index in [2.05, 4.69) is 20.8 Å². The molecule has 3 rings (SSSR count). The number of thioether (sulfide) groups is 1. The lowest BCUT2D eigenvalue weighted by Crippen LogP contribution is -2.49. The van der Waals surface area contributed by atoms with Gasteiger partial charge in [0.1, 0.15) is 5.69 Å². The van der Waals surface area contributed by atoms with Crippen LogP contribution >= 0.6 is 11.8 Å². The minimum atomic E-state index is -0.659. The van der Waals surface area contributed by atoms with E-state index in [0.29, 0.717) is 12.1 Å². The van der Waals surface area contributed by atoms with Crippen molar-refractivity contribution in [2.45, 2.75) is 19.4 Å². The molecule has 5 N–H and O–H groups in total. The summed E-state index contributed by atoms with van der Waals surface area (Å²) in [6.07, 6.45) is 2.49. The molecule has 8 heteroatoms. The summed E-state index contributed by atoms with van der Waals surface area (Å²) >= 11 is 1.61. The lowest BCUT2D eigenvalue weighted by Gasteiger charge is -2.12. The topological polar surface area (TPSA) is 113 Å². The lowest BCUT2D eigenvalue weighted by molar-refractivity contribution is -0.123. The largest absolute Gasteiger partial charge is 0.353 e. The van der Waals surface area contributed by atoms with E-state index >= 15 is 0 Å². The number of para-hydroxylation sites is 1. The monoisotopic (exact) mass is 371 g/mol. The second-order valence-corrected chi connectivity index (χ2v) is 7.00. The van der Waals surface area contributed by atoms with Crippen molar-refractivity contribution in [3.63, 3.8) is 0 Å². The number of nitrogens with zero attached hydrogens (tertiary/aromatic N) is 1. The Bertz CT molecular complexity index is 969. The molecule has 0 saturated carbocycles. The van der Waals surface area contributed by atoms with Crippen LogP contribution < -0.4 is 16.6 Å². The molecule has 7 nitrogen and oxygen atoms in total. The van der Waals surface area contributed by atoms with Crippen molar-refractivity contribution >= 4 is 45.4 Å². The number of carbonyl (C=O) groups is 2. The van der Waals surface area contributed by atoms with Gasteiger partial charge in [0.2, 0.25) is 0 Å². The quantitative estimate of drug-likeness (QED) is 0.511. The molecule has 2 amide bonds. The van der Waals surface area contributed by atoms with Gasteiger partial charge >= 0.3 is 0 Å². The molecule has 0 unspecified atom stereocenters. The highest BCUT2D eigenvalue weighted by atomic mass is 32.2. The van der Waals surface area contributed by atoms with Crippen LogP contribution in [0.15, 0.2) is 30.3 Å². The number of carbonyl (C=O) groups excluding carboxylic acids is 2. The average molecular weight is 371 g/mol. The Balaban J connectivity index is 1.78. The van der Waals surface area contributed by atoms with Crippen molar-refractivity contribution in [2.24, 2.45) is 5.73 Å². The third kappa shape index (κ3) is 3.66. The van der Waals surface area contributed by atoms with Gasteiger partial charge in [0.25, 0.3) is 11.8 Å². The fourth-order valence-electron chi connectivity index (χ4n) is 2.77. The van der Waals surface area contributed by atoms with Crippen molar-refractivity contribution in [2.75, 3.05) is 12.0 Å². The van der Waals surface area contributed by atoms with Gasteiger partial charge in [0.15, 0.2) is 0 Å². The average Bonchev–Trinajstić information content (AvgIpc) is 3.03. The van der Waals surface area contributed by atoms with Crippen LogP contribution in [-0.4, -0.2) is 39.8 Å². The first-order valence-electron chi connectivity index (χ1n) is 8.24. The number of hydrogen-bond acceptors (Lipinski definition) is 5. The van der Waals surface area contributed by atoms with Crippen molar-refractivity contribution in [3.8, 4) is 0 Å². The van der Waals surface area contributed by atoms with Gasteiger partial charge in [-0.1, -0.05) is 18.2 Å². The van der Waals surface area contributed by atoms with Crippen LogP contribution in [0.1, 0.15) is 22.6 Å². The van der Waals surface area contributed by atoms with Crippen LogP contribution in [0.4, 0.5) is 0 Å². The predicted molar refractivity (Wildman–Crippen MR) is 105 cm³/mol. The molecule has 0 aliphatic rings. The molecule has 0 fully saturated rings. The second kappa shape index (κ2) is 7.76. The van der Waals surface area contributed by atoms with Crippen LogP contribution in [0.3, 0.4) is 0 Å². The summed E-state index contributed by atoms with van der Waals surface area (Å²) in [5, 5.41) is 1.94. The summed E-state index contributed by atoms with van der Waals surface area (Å²) in [6, 6.07) is 8.92. The van der Waals surface area contributed by atoms with E-state index in [1.54, 1.807) is 17.8 Å². The first-order chi connectivity index (χ1) is 12.5. The summed E-state index contributed by atoms with van der Waals surface area (Å²) in [5.74, 6) is -0.122. The number of amides is 2. The third-order valence-electron chi connectivity index (χ3n) is 4.18. The first kappa shape index (κ1) is 18.2. The Kier molecular flexibility index (Phi) is 5.43. The number of nitrogens with two attached hydrogens (primary N) is 1. The van der Waals surface area contributed by atoms with Gasteiger partial charge in [-0.05, 0) is 37.5 Å². The fraction of sp³-hybridized carbons (Fsp3) is 0.278. The number of aromatic nitrogens is 2. The number of aryl methyl sites for hydroxylation is 1. The number of fused-ring (bicyclic) bond motifs is 3. The van der Waals surface area contributed by atoms with E-state index in [0.717, 1.165) is 27.6 Å². The summed E-state index contributed by atoms with van der Waals surface area (Å²) in [4.78, 5) is 32.0. The maximum Gasteiger partial charge on any atom is 0.288 e. The zero-order valence-corrected chi connectivity index (χ0v) is 15.4. The molecule has 2 aromatic heterocycles. The van der Waals surface area contributed by atoms with Gasteiger partial charge in [0.05, 0.1) is 17.3 Å². The molecule has 0 spiro atoms. The van der Waals surface area contributed by atoms with Gasteiger partial charge in [-0.3, -0.25) is 20.4 Å². The zero-order valence-electron chi connectivity index (χ0n) is 14.6. The molecule has 26 heavy (non-hydrogen) atoms. The van der Waals surface area contributed by atoms with Crippen LogP contribution in [-0.2, 0) is 4.79 Å².